The van der Waals surface area contributed by atoms with Gasteiger partial charge in [-0.15, -0.1) is 10.2 Å². The van der Waals surface area contributed by atoms with Crippen LogP contribution in [-0.4, -0.2) is 52.5 Å². The summed E-state index contributed by atoms with van der Waals surface area (Å²) in [5, 5.41) is 8.96. The number of aromatic nitrogens is 3. The van der Waals surface area contributed by atoms with Gasteiger partial charge in [-0.05, 0) is 87.1 Å². The summed E-state index contributed by atoms with van der Waals surface area (Å²) in [6.45, 7) is 7.04. The molecule has 0 bridgehead atoms. The standard InChI is InChI=1S/C25H35FN4O/c1-18-6-7-20(22(26)15-18)21-16-25(21)10-12-30(17-25)11-4-3-5-23-27-28-24(29(23)2)19-8-13-31-14-9-19/h6-7,15,19,21H,3-5,8-14,16-17H2,1-2H3/t21-,25+/m0/s1. The van der Waals surface area contributed by atoms with Gasteiger partial charge in [-0.3, -0.25) is 0 Å². The number of halogens is 1. The van der Waals surface area contributed by atoms with Gasteiger partial charge in [-0.25, -0.2) is 4.39 Å². The van der Waals surface area contributed by atoms with Crippen LogP contribution in [0.25, 0.3) is 0 Å². The van der Waals surface area contributed by atoms with Crippen LogP contribution in [0.2, 0.25) is 0 Å². The molecule has 1 aromatic heterocycles. The van der Waals surface area contributed by atoms with Crippen LogP contribution in [0.4, 0.5) is 4.39 Å². The molecule has 31 heavy (non-hydrogen) atoms. The third kappa shape index (κ3) is 4.29. The van der Waals surface area contributed by atoms with Crippen molar-refractivity contribution < 1.29 is 9.13 Å². The van der Waals surface area contributed by atoms with Gasteiger partial charge in [0.25, 0.3) is 0 Å². The lowest BCUT2D eigenvalue weighted by atomic mass is 9.97. The van der Waals surface area contributed by atoms with Crippen molar-refractivity contribution in [3.63, 3.8) is 0 Å². The molecule has 0 N–H and O–H groups in total. The van der Waals surface area contributed by atoms with E-state index < -0.39 is 0 Å². The van der Waals surface area contributed by atoms with Crippen molar-refractivity contribution in [3.05, 3.63) is 46.8 Å². The van der Waals surface area contributed by atoms with Gasteiger partial charge in [-0.2, -0.15) is 0 Å². The minimum atomic E-state index is -0.0101. The van der Waals surface area contributed by atoms with Gasteiger partial charge in [-0.1, -0.05) is 12.1 Å². The van der Waals surface area contributed by atoms with E-state index in [1.807, 2.05) is 13.0 Å². The summed E-state index contributed by atoms with van der Waals surface area (Å²) in [5.74, 6) is 3.13. The molecule has 2 aliphatic heterocycles. The Morgan fingerprint density at radius 3 is 2.84 bits per heavy atom. The first kappa shape index (κ1) is 21.1. The average molecular weight is 427 g/mol. The van der Waals surface area contributed by atoms with Crippen LogP contribution in [0, 0.1) is 18.2 Å². The highest BCUT2D eigenvalue weighted by Crippen LogP contribution is 2.64. The number of aryl methyl sites for hydroxylation is 2. The van der Waals surface area contributed by atoms with Crippen LogP contribution in [-0.2, 0) is 18.2 Å². The molecule has 3 aliphatic rings. The lowest BCUT2D eigenvalue weighted by Gasteiger charge is -2.21. The summed E-state index contributed by atoms with van der Waals surface area (Å²) >= 11 is 0. The number of unbranched alkanes of at least 4 members (excludes halogenated alkanes) is 1. The number of ether oxygens (including phenoxy) is 1. The van der Waals surface area contributed by atoms with Gasteiger partial charge in [0, 0.05) is 39.1 Å². The Morgan fingerprint density at radius 1 is 1.19 bits per heavy atom. The molecule has 3 heterocycles. The maximum Gasteiger partial charge on any atom is 0.136 e. The molecule has 2 atom stereocenters. The van der Waals surface area contributed by atoms with Crippen LogP contribution in [0.15, 0.2) is 18.2 Å². The van der Waals surface area contributed by atoms with Crippen LogP contribution in [0.1, 0.15) is 73.1 Å². The van der Waals surface area contributed by atoms with Crippen molar-refractivity contribution in [1.29, 1.82) is 0 Å². The summed E-state index contributed by atoms with van der Waals surface area (Å²) in [5.41, 5.74) is 2.28. The molecular formula is C25H35FN4O. The molecule has 3 fully saturated rings. The summed E-state index contributed by atoms with van der Waals surface area (Å²) in [6.07, 6.45) is 7.77. The Hall–Kier alpha value is -1.79. The Balaban J connectivity index is 1.08. The lowest BCUT2D eigenvalue weighted by Crippen LogP contribution is -2.23. The Morgan fingerprint density at radius 2 is 2.03 bits per heavy atom. The zero-order valence-electron chi connectivity index (χ0n) is 18.9. The number of benzene rings is 1. The Bertz CT molecular complexity index is 922. The average Bonchev–Trinajstić information content (AvgIpc) is 3.10. The zero-order chi connectivity index (χ0) is 21.4. The highest BCUT2D eigenvalue weighted by Gasteiger charge is 2.58. The smallest absolute Gasteiger partial charge is 0.136 e. The van der Waals surface area contributed by atoms with Gasteiger partial charge in [0.15, 0.2) is 0 Å². The maximum absolute atomic E-state index is 14.4. The van der Waals surface area contributed by atoms with Crippen molar-refractivity contribution in [2.24, 2.45) is 12.5 Å². The fourth-order valence-electron chi connectivity index (χ4n) is 5.85. The molecule has 1 aliphatic carbocycles. The van der Waals surface area contributed by atoms with Crippen LogP contribution >= 0.6 is 0 Å². The highest BCUT2D eigenvalue weighted by molar-refractivity contribution is 5.34. The largest absolute Gasteiger partial charge is 0.381 e. The lowest BCUT2D eigenvalue weighted by molar-refractivity contribution is 0.0829. The quantitative estimate of drug-likeness (QED) is 0.617. The first-order valence-corrected chi connectivity index (χ1v) is 12.0. The molecule has 2 saturated heterocycles. The molecule has 0 unspecified atom stereocenters. The van der Waals surface area contributed by atoms with Crippen LogP contribution in [0.5, 0.6) is 0 Å². The molecule has 168 valence electrons. The predicted molar refractivity (Wildman–Crippen MR) is 119 cm³/mol. The van der Waals surface area contributed by atoms with E-state index >= 15 is 0 Å². The number of likely N-dealkylation sites (tertiary alicyclic amines) is 1. The Labute approximate surface area is 185 Å². The van der Waals surface area contributed by atoms with Crippen LogP contribution in [0.3, 0.4) is 0 Å². The van der Waals surface area contributed by atoms with Crippen LogP contribution < -0.4 is 0 Å². The van der Waals surface area contributed by atoms with E-state index in [1.165, 1.54) is 12.8 Å². The first-order chi connectivity index (χ1) is 15.1. The third-order valence-electron chi connectivity index (χ3n) is 7.90. The molecule has 2 aromatic rings. The van der Waals surface area contributed by atoms with Crippen molar-refractivity contribution in [3.8, 4) is 0 Å². The van der Waals surface area contributed by atoms with E-state index in [0.717, 1.165) is 87.7 Å². The highest BCUT2D eigenvalue weighted by atomic mass is 19.1. The van der Waals surface area contributed by atoms with Gasteiger partial charge in [0.1, 0.15) is 17.5 Å². The zero-order valence-corrected chi connectivity index (χ0v) is 18.9. The molecule has 1 aromatic carbocycles. The summed E-state index contributed by atoms with van der Waals surface area (Å²) < 4.78 is 22.1. The number of nitrogens with zero attached hydrogens (tertiary/aromatic N) is 4. The minimum Gasteiger partial charge on any atom is -0.381 e. The minimum absolute atomic E-state index is 0.0101. The molecule has 0 radical (unpaired) electrons. The summed E-state index contributed by atoms with van der Waals surface area (Å²) in [6, 6.07) is 5.76. The molecule has 1 spiro atoms. The molecule has 0 amide bonds. The van der Waals surface area contributed by atoms with Crippen molar-refractivity contribution in [1.82, 2.24) is 19.7 Å². The summed E-state index contributed by atoms with van der Waals surface area (Å²) in [7, 11) is 2.11. The van der Waals surface area contributed by atoms with E-state index in [2.05, 4.69) is 32.8 Å². The van der Waals surface area contributed by atoms with Gasteiger partial charge < -0.3 is 14.2 Å². The Kier molecular flexibility index (Phi) is 5.86. The topological polar surface area (TPSA) is 43.2 Å². The first-order valence-electron chi connectivity index (χ1n) is 12.0. The molecule has 1 saturated carbocycles. The number of rotatable bonds is 7. The maximum atomic E-state index is 14.4. The van der Waals surface area contributed by atoms with Gasteiger partial charge in [0.05, 0.1) is 0 Å². The number of hydrogen-bond donors (Lipinski definition) is 0. The van der Waals surface area contributed by atoms with Crippen molar-refractivity contribution in [2.75, 3.05) is 32.8 Å². The van der Waals surface area contributed by atoms with Crippen molar-refractivity contribution in [2.45, 2.75) is 63.7 Å². The van der Waals surface area contributed by atoms with E-state index in [4.69, 9.17) is 4.74 Å². The normalized spacial score (nSPS) is 26.7. The van der Waals surface area contributed by atoms with E-state index in [1.54, 1.807) is 6.07 Å². The van der Waals surface area contributed by atoms with E-state index in [0.29, 0.717) is 17.3 Å². The van der Waals surface area contributed by atoms with E-state index in [9.17, 15) is 4.39 Å². The second kappa shape index (κ2) is 8.62. The molecular weight excluding hydrogens is 391 g/mol. The molecule has 6 heteroatoms. The fourth-order valence-corrected chi connectivity index (χ4v) is 5.85. The monoisotopic (exact) mass is 426 g/mol. The SMILES string of the molecule is Cc1ccc([C@@H]2C[C@@]23CCN(CCCCc2nnc(C4CCOCC4)n2C)C3)c(F)c1. The molecule has 5 rings (SSSR count). The van der Waals surface area contributed by atoms with Gasteiger partial charge >= 0.3 is 0 Å². The third-order valence-corrected chi connectivity index (χ3v) is 7.90. The fraction of sp³-hybridized carbons (Fsp3) is 0.680. The summed E-state index contributed by atoms with van der Waals surface area (Å²) in [4.78, 5) is 2.59. The predicted octanol–water partition coefficient (Wildman–Crippen LogP) is 4.36. The molecule has 5 nitrogen and oxygen atoms in total. The van der Waals surface area contributed by atoms with E-state index in [-0.39, 0.29) is 5.82 Å². The second-order valence-electron chi connectivity index (χ2n) is 10.0. The van der Waals surface area contributed by atoms with Gasteiger partial charge in [0.2, 0.25) is 0 Å². The second-order valence-corrected chi connectivity index (χ2v) is 10.0. The van der Waals surface area contributed by atoms with Crippen molar-refractivity contribution >= 4 is 0 Å². The number of hydrogen-bond acceptors (Lipinski definition) is 4.